The summed E-state index contributed by atoms with van der Waals surface area (Å²) in [5, 5.41) is 0.616. The monoisotopic (exact) mass is 412 g/mol. The second-order valence-electron chi connectivity index (χ2n) is 6.51. The SMILES string of the molecule is CN(C(=O)[C@@H]1CC[C@H](CN)O1)C(c1ccc(F)cc1)c1ccc(Cl)cc1.Cl. The van der Waals surface area contributed by atoms with E-state index < -0.39 is 6.10 Å². The van der Waals surface area contributed by atoms with E-state index in [2.05, 4.69) is 0 Å². The molecule has 0 saturated carbocycles. The molecule has 0 bridgehead atoms. The number of halogens is 3. The number of rotatable bonds is 5. The first-order chi connectivity index (χ1) is 12.5. The highest BCUT2D eigenvalue weighted by atomic mass is 35.5. The van der Waals surface area contributed by atoms with Gasteiger partial charge in [0, 0.05) is 18.6 Å². The largest absolute Gasteiger partial charge is 0.364 e. The summed E-state index contributed by atoms with van der Waals surface area (Å²) in [5.74, 6) is -0.423. The van der Waals surface area contributed by atoms with E-state index in [-0.39, 0.29) is 36.3 Å². The number of hydrogen-bond donors (Lipinski definition) is 1. The van der Waals surface area contributed by atoms with E-state index in [1.165, 1.54) is 12.1 Å². The molecule has 27 heavy (non-hydrogen) atoms. The lowest BCUT2D eigenvalue weighted by Gasteiger charge is -2.31. The molecule has 0 aliphatic carbocycles. The minimum atomic E-state index is -0.496. The van der Waals surface area contributed by atoms with Crippen LogP contribution in [0.2, 0.25) is 5.02 Å². The molecule has 0 aromatic heterocycles. The summed E-state index contributed by atoms with van der Waals surface area (Å²) >= 11 is 6.00. The van der Waals surface area contributed by atoms with E-state index >= 15 is 0 Å². The van der Waals surface area contributed by atoms with Crippen LogP contribution in [0.1, 0.15) is 30.0 Å². The normalized spacial score (nSPS) is 20.0. The molecule has 2 aromatic rings. The molecule has 1 unspecified atom stereocenters. The second-order valence-corrected chi connectivity index (χ2v) is 6.95. The minimum Gasteiger partial charge on any atom is -0.364 e. The third-order valence-electron chi connectivity index (χ3n) is 4.75. The maximum Gasteiger partial charge on any atom is 0.252 e. The molecule has 1 saturated heterocycles. The van der Waals surface area contributed by atoms with Crippen molar-refractivity contribution in [2.24, 2.45) is 5.73 Å². The van der Waals surface area contributed by atoms with Crippen molar-refractivity contribution < 1.29 is 13.9 Å². The molecule has 1 aliphatic heterocycles. The highest BCUT2D eigenvalue weighted by Gasteiger charge is 2.34. The van der Waals surface area contributed by atoms with Crippen LogP contribution in [-0.4, -0.2) is 36.6 Å². The number of hydrogen-bond acceptors (Lipinski definition) is 3. The standard InChI is InChI=1S/C20H22ClFN2O2.ClH/c1-24(20(25)18-11-10-17(12-23)26-18)19(13-2-6-15(21)7-3-13)14-4-8-16(22)9-5-14;/h2-9,17-19H,10-12,23H2,1H3;1H/t17-,18+,19?;/m1./s1. The van der Waals surface area contributed by atoms with Crippen molar-refractivity contribution >= 4 is 29.9 Å². The van der Waals surface area contributed by atoms with Crippen LogP contribution in [0.15, 0.2) is 48.5 Å². The zero-order chi connectivity index (χ0) is 18.7. The first kappa shape index (κ1) is 21.6. The Labute approximate surface area is 169 Å². The zero-order valence-corrected chi connectivity index (χ0v) is 16.5. The van der Waals surface area contributed by atoms with Crippen molar-refractivity contribution in [3.05, 3.63) is 70.5 Å². The summed E-state index contributed by atoms with van der Waals surface area (Å²) in [6.45, 7) is 0.409. The molecular weight excluding hydrogens is 390 g/mol. The van der Waals surface area contributed by atoms with Crippen LogP contribution in [0.4, 0.5) is 4.39 Å². The van der Waals surface area contributed by atoms with Crippen LogP contribution in [0.25, 0.3) is 0 Å². The summed E-state index contributed by atoms with van der Waals surface area (Å²) in [5.41, 5.74) is 7.36. The lowest BCUT2D eigenvalue weighted by atomic mass is 9.96. The van der Waals surface area contributed by atoms with E-state index in [1.807, 2.05) is 12.1 Å². The Hall–Kier alpha value is -1.66. The van der Waals surface area contributed by atoms with E-state index in [4.69, 9.17) is 22.1 Å². The van der Waals surface area contributed by atoms with E-state index in [1.54, 1.807) is 36.2 Å². The first-order valence-corrected chi connectivity index (χ1v) is 9.00. The predicted octanol–water partition coefficient (Wildman–Crippen LogP) is 3.96. The van der Waals surface area contributed by atoms with Crippen LogP contribution >= 0.6 is 24.0 Å². The first-order valence-electron chi connectivity index (χ1n) is 8.62. The topological polar surface area (TPSA) is 55.6 Å². The van der Waals surface area contributed by atoms with E-state index in [0.29, 0.717) is 18.0 Å². The molecule has 2 N–H and O–H groups in total. The van der Waals surface area contributed by atoms with E-state index in [0.717, 1.165) is 17.5 Å². The van der Waals surface area contributed by atoms with Crippen LogP contribution in [-0.2, 0) is 9.53 Å². The highest BCUT2D eigenvalue weighted by molar-refractivity contribution is 6.30. The number of carbonyl (C=O) groups is 1. The van der Waals surface area contributed by atoms with Crippen molar-refractivity contribution in [1.29, 1.82) is 0 Å². The quantitative estimate of drug-likeness (QED) is 0.808. The number of nitrogens with zero attached hydrogens (tertiary/aromatic N) is 1. The summed E-state index contributed by atoms with van der Waals surface area (Å²) in [6, 6.07) is 13.1. The fraction of sp³-hybridized carbons (Fsp3) is 0.350. The van der Waals surface area contributed by atoms with Gasteiger partial charge in [-0.2, -0.15) is 0 Å². The lowest BCUT2D eigenvalue weighted by molar-refractivity contribution is -0.143. The van der Waals surface area contributed by atoms with Gasteiger partial charge in [0.2, 0.25) is 0 Å². The summed E-state index contributed by atoms with van der Waals surface area (Å²) < 4.78 is 19.1. The van der Waals surface area contributed by atoms with Gasteiger partial charge in [0.15, 0.2) is 0 Å². The van der Waals surface area contributed by atoms with Crippen molar-refractivity contribution in [2.45, 2.75) is 31.1 Å². The van der Waals surface area contributed by atoms with Gasteiger partial charge in [-0.1, -0.05) is 35.9 Å². The van der Waals surface area contributed by atoms with Gasteiger partial charge in [-0.3, -0.25) is 4.79 Å². The van der Waals surface area contributed by atoms with Gasteiger partial charge in [0.25, 0.3) is 5.91 Å². The van der Waals surface area contributed by atoms with Crippen molar-refractivity contribution in [3.8, 4) is 0 Å². The average molecular weight is 413 g/mol. The molecule has 3 atom stereocenters. The van der Waals surface area contributed by atoms with Crippen LogP contribution < -0.4 is 5.73 Å². The molecular formula is C20H23Cl2FN2O2. The highest BCUT2D eigenvalue weighted by Crippen LogP contribution is 2.31. The molecule has 3 rings (SSSR count). The Morgan fingerprint density at radius 1 is 1.19 bits per heavy atom. The molecule has 1 fully saturated rings. The number of amides is 1. The van der Waals surface area contributed by atoms with Gasteiger partial charge < -0.3 is 15.4 Å². The van der Waals surface area contributed by atoms with E-state index in [9.17, 15) is 9.18 Å². The number of ether oxygens (including phenoxy) is 1. The van der Waals surface area contributed by atoms with Gasteiger partial charge in [-0.05, 0) is 48.2 Å². The average Bonchev–Trinajstić information content (AvgIpc) is 3.13. The number of benzene rings is 2. The summed E-state index contributed by atoms with van der Waals surface area (Å²) in [6.07, 6.45) is 0.867. The third kappa shape index (κ3) is 4.99. The fourth-order valence-corrected chi connectivity index (χ4v) is 3.47. The maximum atomic E-state index is 13.4. The van der Waals surface area contributed by atoms with Crippen LogP contribution in [0.5, 0.6) is 0 Å². The van der Waals surface area contributed by atoms with Crippen molar-refractivity contribution in [1.82, 2.24) is 4.90 Å². The van der Waals surface area contributed by atoms with Gasteiger partial charge >= 0.3 is 0 Å². The number of nitrogens with two attached hydrogens (primary N) is 1. The molecule has 4 nitrogen and oxygen atoms in total. The maximum absolute atomic E-state index is 13.4. The Morgan fingerprint density at radius 2 is 1.74 bits per heavy atom. The predicted molar refractivity (Wildman–Crippen MR) is 107 cm³/mol. The molecule has 2 aromatic carbocycles. The second kappa shape index (κ2) is 9.51. The van der Waals surface area contributed by atoms with Crippen LogP contribution in [0, 0.1) is 5.82 Å². The van der Waals surface area contributed by atoms with Gasteiger partial charge in [0.05, 0.1) is 12.1 Å². The molecule has 0 radical (unpaired) electrons. The Morgan fingerprint density at radius 3 is 2.26 bits per heavy atom. The summed E-state index contributed by atoms with van der Waals surface area (Å²) in [4.78, 5) is 14.6. The Kier molecular flexibility index (Phi) is 7.62. The Balaban J connectivity index is 0.00000261. The van der Waals surface area contributed by atoms with Crippen molar-refractivity contribution in [3.63, 3.8) is 0 Å². The molecule has 7 heteroatoms. The molecule has 1 aliphatic rings. The van der Waals surface area contributed by atoms with Gasteiger partial charge in [0.1, 0.15) is 11.9 Å². The summed E-state index contributed by atoms with van der Waals surface area (Å²) in [7, 11) is 1.74. The van der Waals surface area contributed by atoms with Crippen LogP contribution in [0.3, 0.4) is 0 Å². The molecule has 1 amide bonds. The van der Waals surface area contributed by atoms with Crippen molar-refractivity contribution in [2.75, 3.05) is 13.6 Å². The van der Waals surface area contributed by atoms with Gasteiger partial charge in [-0.15, -0.1) is 12.4 Å². The molecule has 0 spiro atoms. The Bertz CT molecular complexity index is 710. The lowest BCUT2D eigenvalue weighted by Crippen LogP contribution is -2.39. The number of carbonyl (C=O) groups excluding carboxylic acids is 1. The fourth-order valence-electron chi connectivity index (χ4n) is 3.34. The third-order valence-corrected chi connectivity index (χ3v) is 5.00. The molecule has 146 valence electrons. The minimum absolute atomic E-state index is 0. The van der Waals surface area contributed by atoms with Gasteiger partial charge in [-0.25, -0.2) is 4.39 Å². The molecule has 1 heterocycles. The zero-order valence-electron chi connectivity index (χ0n) is 15.0. The number of likely N-dealkylation sites (N-methyl/N-ethyl adjacent to an activating group) is 1. The smallest absolute Gasteiger partial charge is 0.252 e.